The molecule has 0 radical (unpaired) electrons. The Morgan fingerprint density at radius 1 is 1.56 bits per heavy atom. The predicted molar refractivity (Wildman–Crippen MR) is 60.0 cm³/mol. The molecule has 16 heavy (non-hydrogen) atoms. The van der Waals surface area contributed by atoms with Crippen LogP contribution in [0.1, 0.15) is 23.2 Å². The number of rotatable bonds is 3. The highest BCUT2D eigenvalue weighted by Crippen LogP contribution is 2.08. The van der Waals surface area contributed by atoms with Crippen LogP contribution in [0.2, 0.25) is 0 Å². The summed E-state index contributed by atoms with van der Waals surface area (Å²) in [7, 11) is 1.81. The molecule has 0 saturated carbocycles. The van der Waals surface area contributed by atoms with Gasteiger partial charge in [0.2, 0.25) is 0 Å². The van der Waals surface area contributed by atoms with Gasteiger partial charge < -0.3 is 10.2 Å². The third-order valence-corrected chi connectivity index (χ3v) is 2.81. The average Bonchev–Trinajstić information content (AvgIpc) is 2.82. The summed E-state index contributed by atoms with van der Waals surface area (Å²) in [6.07, 6.45) is 6.86. The van der Waals surface area contributed by atoms with Crippen LogP contribution in [0.5, 0.6) is 0 Å². The molecule has 1 N–H and O–H groups in total. The van der Waals surface area contributed by atoms with Crippen molar-refractivity contribution in [2.75, 3.05) is 20.1 Å². The van der Waals surface area contributed by atoms with Gasteiger partial charge in [0.15, 0.2) is 0 Å². The Morgan fingerprint density at radius 2 is 2.31 bits per heavy atom. The smallest absolute Gasteiger partial charge is 0.256 e. The number of carbonyl (C=O) groups excluding carboxylic acids is 1. The van der Waals surface area contributed by atoms with Crippen molar-refractivity contribution in [2.24, 2.45) is 0 Å². The van der Waals surface area contributed by atoms with E-state index in [1.54, 1.807) is 17.3 Å². The van der Waals surface area contributed by atoms with E-state index in [4.69, 9.17) is 0 Å². The van der Waals surface area contributed by atoms with Crippen molar-refractivity contribution in [2.45, 2.75) is 18.9 Å². The molecule has 2 rings (SSSR count). The molecular formula is C11H16N4O. The van der Waals surface area contributed by atoms with Gasteiger partial charge in [-0.25, -0.2) is 9.97 Å². The lowest BCUT2D eigenvalue weighted by molar-refractivity contribution is 0.0783. The lowest BCUT2D eigenvalue weighted by atomic mass is 10.2. The van der Waals surface area contributed by atoms with Crippen LogP contribution in [0.15, 0.2) is 18.7 Å². The first kappa shape index (κ1) is 11.0. The third kappa shape index (κ3) is 2.55. The summed E-state index contributed by atoms with van der Waals surface area (Å²) in [6.45, 7) is 1.80. The van der Waals surface area contributed by atoms with E-state index in [1.165, 1.54) is 12.7 Å². The minimum Gasteiger partial charge on any atom is -0.340 e. The minimum atomic E-state index is -0.0192. The number of nitrogens with one attached hydrogen (secondary N) is 1. The Morgan fingerprint density at radius 3 is 2.94 bits per heavy atom. The van der Waals surface area contributed by atoms with Crippen LogP contribution in [0.25, 0.3) is 0 Å². The summed E-state index contributed by atoms with van der Waals surface area (Å²) in [5.74, 6) is -0.0192. The first-order chi connectivity index (χ1) is 7.77. The molecule has 1 fully saturated rings. The van der Waals surface area contributed by atoms with E-state index in [1.807, 2.05) is 7.05 Å². The summed E-state index contributed by atoms with van der Waals surface area (Å²) < 4.78 is 0. The van der Waals surface area contributed by atoms with Crippen molar-refractivity contribution in [1.82, 2.24) is 20.2 Å². The van der Waals surface area contributed by atoms with Crippen LogP contribution in [-0.2, 0) is 0 Å². The maximum atomic E-state index is 12.0. The number of hydrogen-bond donors (Lipinski definition) is 1. The zero-order valence-corrected chi connectivity index (χ0v) is 9.39. The maximum Gasteiger partial charge on any atom is 0.256 e. The zero-order chi connectivity index (χ0) is 11.4. The monoisotopic (exact) mass is 220 g/mol. The van der Waals surface area contributed by atoms with Gasteiger partial charge in [0.05, 0.1) is 5.56 Å². The topological polar surface area (TPSA) is 58.1 Å². The number of amides is 1. The Kier molecular flexibility index (Phi) is 3.46. The van der Waals surface area contributed by atoms with Crippen molar-refractivity contribution >= 4 is 5.91 Å². The highest BCUT2D eigenvalue weighted by molar-refractivity contribution is 5.93. The van der Waals surface area contributed by atoms with Crippen LogP contribution < -0.4 is 5.32 Å². The van der Waals surface area contributed by atoms with Crippen molar-refractivity contribution in [1.29, 1.82) is 0 Å². The van der Waals surface area contributed by atoms with Crippen molar-refractivity contribution in [3.8, 4) is 0 Å². The van der Waals surface area contributed by atoms with E-state index in [2.05, 4.69) is 15.3 Å². The number of carbonyl (C=O) groups is 1. The normalized spacial score (nSPS) is 19.7. The van der Waals surface area contributed by atoms with E-state index in [0.717, 1.165) is 19.5 Å². The van der Waals surface area contributed by atoms with Crippen LogP contribution in [0.4, 0.5) is 0 Å². The molecule has 2 heterocycles. The van der Waals surface area contributed by atoms with Gasteiger partial charge in [-0.3, -0.25) is 4.79 Å². The van der Waals surface area contributed by atoms with Crippen LogP contribution in [0, 0.1) is 0 Å². The largest absolute Gasteiger partial charge is 0.340 e. The second-order valence-corrected chi connectivity index (χ2v) is 4.11. The summed E-state index contributed by atoms with van der Waals surface area (Å²) >= 11 is 0. The molecule has 1 aromatic rings. The molecule has 0 aromatic carbocycles. The van der Waals surface area contributed by atoms with Gasteiger partial charge in [0.25, 0.3) is 5.91 Å². The molecule has 1 saturated heterocycles. The predicted octanol–water partition coefficient (Wildman–Crippen LogP) is 0.301. The number of likely N-dealkylation sites (N-methyl/N-ethyl adjacent to an activating group) is 1. The number of nitrogens with zero attached hydrogens (tertiary/aromatic N) is 3. The van der Waals surface area contributed by atoms with Gasteiger partial charge in [0, 0.05) is 32.0 Å². The molecule has 1 unspecified atom stereocenters. The molecule has 1 atom stereocenters. The lowest BCUT2D eigenvalue weighted by Crippen LogP contribution is -2.38. The number of aromatic nitrogens is 2. The Bertz CT molecular complexity index is 348. The molecule has 1 aliphatic heterocycles. The van der Waals surface area contributed by atoms with Crippen molar-refractivity contribution in [3.63, 3.8) is 0 Å². The molecule has 1 amide bonds. The van der Waals surface area contributed by atoms with Crippen LogP contribution in [-0.4, -0.2) is 47.0 Å². The fourth-order valence-electron chi connectivity index (χ4n) is 1.96. The summed E-state index contributed by atoms with van der Waals surface area (Å²) in [4.78, 5) is 21.4. The number of hydrogen-bond acceptors (Lipinski definition) is 4. The highest BCUT2D eigenvalue weighted by Gasteiger charge is 2.19. The van der Waals surface area contributed by atoms with Gasteiger partial charge in [0.1, 0.15) is 6.33 Å². The molecule has 5 heteroatoms. The van der Waals surface area contributed by atoms with Crippen molar-refractivity contribution in [3.05, 3.63) is 24.3 Å². The van der Waals surface area contributed by atoms with Crippen molar-refractivity contribution < 1.29 is 4.79 Å². The molecule has 0 aliphatic carbocycles. The van der Waals surface area contributed by atoms with Crippen LogP contribution in [0.3, 0.4) is 0 Å². The first-order valence-corrected chi connectivity index (χ1v) is 5.51. The van der Waals surface area contributed by atoms with E-state index in [0.29, 0.717) is 11.6 Å². The fraction of sp³-hybridized carbons (Fsp3) is 0.545. The van der Waals surface area contributed by atoms with Gasteiger partial charge >= 0.3 is 0 Å². The second kappa shape index (κ2) is 5.03. The zero-order valence-electron chi connectivity index (χ0n) is 9.39. The Hall–Kier alpha value is -1.49. The van der Waals surface area contributed by atoms with Gasteiger partial charge in [-0.2, -0.15) is 0 Å². The van der Waals surface area contributed by atoms with E-state index in [9.17, 15) is 4.79 Å². The quantitative estimate of drug-likeness (QED) is 0.796. The van der Waals surface area contributed by atoms with Crippen LogP contribution >= 0.6 is 0 Å². The van der Waals surface area contributed by atoms with Gasteiger partial charge in [-0.15, -0.1) is 0 Å². The van der Waals surface area contributed by atoms with Gasteiger partial charge in [-0.05, 0) is 19.4 Å². The third-order valence-electron chi connectivity index (χ3n) is 2.81. The summed E-state index contributed by atoms with van der Waals surface area (Å²) in [6, 6.07) is 0.429. The summed E-state index contributed by atoms with van der Waals surface area (Å²) in [5.41, 5.74) is 0.544. The SMILES string of the molecule is CN(CC1CCCN1)C(=O)c1cncnc1. The standard InChI is InChI=1S/C11H16N4O/c1-15(7-10-3-2-4-14-10)11(16)9-5-12-8-13-6-9/h5-6,8,10,14H,2-4,7H2,1H3. The second-order valence-electron chi connectivity index (χ2n) is 4.11. The molecule has 1 aliphatic rings. The van der Waals surface area contributed by atoms with E-state index >= 15 is 0 Å². The first-order valence-electron chi connectivity index (χ1n) is 5.51. The Balaban J connectivity index is 1.94. The molecule has 5 nitrogen and oxygen atoms in total. The van der Waals surface area contributed by atoms with Gasteiger partial charge in [-0.1, -0.05) is 0 Å². The molecular weight excluding hydrogens is 204 g/mol. The minimum absolute atomic E-state index is 0.0192. The van der Waals surface area contributed by atoms with E-state index < -0.39 is 0 Å². The molecule has 0 spiro atoms. The molecule has 1 aromatic heterocycles. The summed E-state index contributed by atoms with van der Waals surface area (Å²) in [5, 5.41) is 3.37. The molecule has 0 bridgehead atoms. The fourth-order valence-corrected chi connectivity index (χ4v) is 1.96. The molecule has 86 valence electrons. The average molecular weight is 220 g/mol. The van der Waals surface area contributed by atoms with E-state index in [-0.39, 0.29) is 5.91 Å². The lowest BCUT2D eigenvalue weighted by Gasteiger charge is -2.21. The Labute approximate surface area is 94.9 Å². The highest BCUT2D eigenvalue weighted by atomic mass is 16.2. The maximum absolute atomic E-state index is 12.0.